The third-order valence-corrected chi connectivity index (χ3v) is 8.44. The number of nitrogens with zero attached hydrogens (tertiary/aromatic N) is 1. The summed E-state index contributed by atoms with van der Waals surface area (Å²) in [7, 11) is -3.70. The lowest BCUT2D eigenvalue weighted by molar-refractivity contribution is 0.0951. The Hall–Kier alpha value is -3.49. The number of benzene rings is 3. The zero-order valence-electron chi connectivity index (χ0n) is 20.5. The van der Waals surface area contributed by atoms with E-state index in [0.29, 0.717) is 42.4 Å². The minimum atomic E-state index is -3.70. The van der Waals surface area contributed by atoms with Gasteiger partial charge in [0.2, 0.25) is 10.0 Å². The summed E-state index contributed by atoms with van der Waals surface area (Å²) in [5.41, 5.74) is 2.53. The van der Waals surface area contributed by atoms with E-state index in [2.05, 4.69) is 17.6 Å². The number of hydrogen-bond acceptors (Lipinski definition) is 4. The van der Waals surface area contributed by atoms with Crippen molar-refractivity contribution in [3.63, 3.8) is 0 Å². The van der Waals surface area contributed by atoms with Gasteiger partial charge in [0, 0.05) is 25.2 Å². The standard InChI is InChI=1S/C28H31N3O4S/c1-20-14-16-31(17-15-20)36(34,35)23-13-12-21(2)25(18-23)28(33)30-26-11-7-6-10-24(26)27(32)29-19-22-8-4-3-5-9-22/h3-13,18,20H,14-17,19H2,1-2H3,(H,29,32)(H,30,33). The number of nitrogens with one attached hydrogen (secondary N) is 2. The number of amides is 2. The molecule has 1 fully saturated rings. The highest BCUT2D eigenvalue weighted by atomic mass is 32.2. The Morgan fingerprint density at radius 3 is 2.28 bits per heavy atom. The molecule has 2 amide bonds. The molecule has 0 unspecified atom stereocenters. The summed E-state index contributed by atoms with van der Waals surface area (Å²) in [4.78, 5) is 26.2. The molecule has 0 bridgehead atoms. The van der Waals surface area contributed by atoms with Gasteiger partial charge >= 0.3 is 0 Å². The molecule has 0 saturated carbocycles. The van der Waals surface area contributed by atoms with Crippen LogP contribution in [0.25, 0.3) is 0 Å². The van der Waals surface area contributed by atoms with Crippen LogP contribution in [0.4, 0.5) is 5.69 Å². The molecule has 3 aromatic carbocycles. The molecule has 0 radical (unpaired) electrons. The molecule has 8 heteroatoms. The number of piperidine rings is 1. The Labute approximate surface area is 212 Å². The summed E-state index contributed by atoms with van der Waals surface area (Å²) in [6, 6.07) is 20.9. The number of carbonyl (C=O) groups excluding carboxylic acids is 2. The second kappa shape index (κ2) is 11.1. The second-order valence-corrected chi connectivity index (χ2v) is 11.2. The van der Waals surface area contributed by atoms with Crippen LogP contribution in [0.3, 0.4) is 0 Å². The van der Waals surface area contributed by atoms with Gasteiger partial charge < -0.3 is 10.6 Å². The minimum Gasteiger partial charge on any atom is -0.348 e. The normalized spacial score (nSPS) is 14.8. The molecule has 1 aliphatic rings. The van der Waals surface area contributed by atoms with Gasteiger partial charge in [0.15, 0.2) is 0 Å². The number of aryl methyl sites for hydroxylation is 1. The quantitative estimate of drug-likeness (QED) is 0.491. The maximum Gasteiger partial charge on any atom is 0.255 e. The Morgan fingerprint density at radius 2 is 1.56 bits per heavy atom. The molecule has 1 aliphatic heterocycles. The van der Waals surface area contributed by atoms with E-state index in [4.69, 9.17) is 0 Å². The van der Waals surface area contributed by atoms with E-state index in [9.17, 15) is 18.0 Å². The van der Waals surface area contributed by atoms with Crippen LogP contribution in [0, 0.1) is 12.8 Å². The van der Waals surface area contributed by atoms with E-state index in [1.54, 1.807) is 43.3 Å². The van der Waals surface area contributed by atoms with Gasteiger partial charge in [0.05, 0.1) is 16.1 Å². The number of carbonyl (C=O) groups is 2. The van der Waals surface area contributed by atoms with Crippen LogP contribution in [-0.4, -0.2) is 37.6 Å². The molecule has 0 aromatic heterocycles. The molecular weight excluding hydrogens is 474 g/mol. The summed E-state index contributed by atoms with van der Waals surface area (Å²) in [5, 5.41) is 5.68. The van der Waals surface area contributed by atoms with Gasteiger partial charge in [0.25, 0.3) is 11.8 Å². The summed E-state index contributed by atoms with van der Waals surface area (Å²) >= 11 is 0. The van der Waals surface area contributed by atoms with Crippen molar-refractivity contribution in [1.82, 2.24) is 9.62 Å². The molecule has 0 spiro atoms. The number of hydrogen-bond donors (Lipinski definition) is 2. The van der Waals surface area contributed by atoms with Gasteiger partial charge in [-0.05, 0) is 61.1 Å². The third-order valence-electron chi connectivity index (χ3n) is 6.55. The first-order valence-electron chi connectivity index (χ1n) is 12.1. The predicted octanol–water partition coefficient (Wildman–Crippen LogP) is 4.60. The van der Waals surface area contributed by atoms with Gasteiger partial charge in [-0.25, -0.2) is 8.42 Å². The second-order valence-electron chi connectivity index (χ2n) is 9.23. The molecule has 1 saturated heterocycles. The molecule has 0 atom stereocenters. The van der Waals surface area contributed by atoms with Crippen LogP contribution >= 0.6 is 0 Å². The number of rotatable bonds is 7. The Bertz CT molecular complexity index is 1350. The van der Waals surface area contributed by atoms with Crippen LogP contribution in [-0.2, 0) is 16.6 Å². The van der Waals surface area contributed by atoms with E-state index in [0.717, 1.165) is 18.4 Å². The first-order valence-corrected chi connectivity index (χ1v) is 13.5. The van der Waals surface area contributed by atoms with E-state index >= 15 is 0 Å². The number of para-hydroxylation sites is 1. The Kier molecular flexibility index (Phi) is 7.86. The monoisotopic (exact) mass is 505 g/mol. The molecule has 0 aliphatic carbocycles. The van der Waals surface area contributed by atoms with Crippen LogP contribution in [0.5, 0.6) is 0 Å². The molecule has 4 rings (SSSR count). The SMILES string of the molecule is Cc1ccc(S(=O)(=O)N2CCC(C)CC2)cc1C(=O)Nc1ccccc1C(=O)NCc1ccccc1. The number of anilines is 1. The Morgan fingerprint density at radius 1 is 0.889 bits per heavy atom. The summed E-state index contributed by atoms with van der Waals surface area (Å²) in [5.74, 6) is -0.289. The summed E-state index contributed by atoms with van der Waals surface area (Å²) in [6.45, 7) is 5.19. The van der Waals surface area contributed by atoms with Crippen molar-refractivity contribution < 1.29 is 18.0 Å². The topological polar surface area (TPSA) is 95.6 Å². The van der Waals surface area contributed by atoms with E-state index in [1.807, 2.05) is 30.3 Å². The van der Waals surface area contributed by atoms with Crippen LogP contribution < -0.4 is 10.6 Å². The van der Waals surface area contributed by atoms with Crippen LogP contribution in [0.1, 0.15) is 51.6 Å². The molecule has 188 valence electrons. The van der Waals surface area contributed by atoms with E-state index in [-0.39, 0.29) is 16.4 Å². The van der Waals surface area contributed by atoms with Crippen molar-refractivity contribution in [3.8, 4) is 0 Å². The van der Waals surface area contributed by atoms with Crippen molar-refractivity contribution in [2.45, 2.75) is 38.1 Å². The van der Waals surface area contributed by atoms with Crippen molar-refractivity contribution >= 4 is 27.5 Å². The highest BCUT2D eigenvalue weighted by molar-refractivity contribution is 7.89. The molecule has 1 heterocycles. The molecule has 3 aromatic rings. The highest BCUT2D eigenvalue weighted by Gasteiger charge is 2.29. The van der Waals surface area contributed by atoms with E-state index < -0.39 is 15.9 Å². The van der Waals surface area contributed by atoms with Crippen LogP contribution in [0.15, 0.2) is 77.7 Å². The maximum atomic E-state index is 13.2. The highest BCUT2D eigenvalue weighted by Crippen LogP contribution is 2.26. The van der Waals surface area contributed by atoms with E-state index in [1.165, 1.54) is 10.4 Å². The average molecular weight is 506 g/mol. The molecule has 36 heavy (non-hydrogen) atoms. The summed E-state index contributed by atoms with van der Waals surface area (Å²) < 4.78 is 27.9. The molecule has 7 nitrogen and oxygen atoms in total. The van der Waals surface area contributed by atoms with Crippen LogP contribution in [0.2, 0.25) is 0 Å². The van der Waals surface area contributed by atoms with Crippen molar-refractivity contribution in [2.24, 2.45) is 5.92 Å². The smallest absolute Gasteiger partial charge is 0.255 e. The lowest BCUT2D eigenvalue weighted by Gasteiger charge is -2.29. The Balaban J connectivity index is 1.52. The fourth-order valence-electron chi connectivity index (χ4n) is 4.23. The van der Waals surface area contributed by atoms with Gasteiger partial charge in [-0.15, -0.1) is 0 Å². The lowest BCUT2D eigenvalue weighted by Crippen LogP contribution is -2.38. The number of sulfonamides is 1. The zero-order chi connectivity index (χ0) is 25.7. The minimum absolute atomic E-state index is 0.0988. The van der Waals surface area contributed by atoms with Gasteiger partial charge in [-0.3, -0.25) is 9.59 Å². The molecule has 2 N–H and O–H groups in total. The lowest BCUT2D eigenvalue weighted by atomic mass is 10.0. The van der Waals surface area contributed by atoms with Gasteiger partial charge in [0.1, 0.15) is 0 Å². The fourth-order valence-corrected chi connectivity index (χ4v) is 5.73. The van der Waals surface area contributed by atoms with Crippen molar-refractivity contribution in [3.05, 3.63) is 95.1 Å². The third kappa shape index (κ3) is 5.83. The summed E-state index contributed by atoms with van der Waals surface area (Å²) in [6.07, 6.45) is 1.64. The van der Waals surface area contributed by atoms with Crippen molar-refractivity contribution in [1.29, 1.82) is 0 Å². The first kappa shape index (κ1) is 25.6. The maximum absolute atomic E-state index is 13.2. The van der Waals surface area contributed by atoms with Crippen molar-refractivity contribution in [2.75, 3.05) is 18.4 Å². The average Bonchev–Trinajstić information content (AvgIpc) is 2.88. The first-order chi connectivity index (χ1) is 17.3. The molecular formula is C28H31N3O4S. The predicted molar refractivity (Wildman–Crippen MR) is 140 cm³/mol. The zero-order valence-corrected chi connectivity index (χ0v) is 21.3. The fraction of sp³-hybridized carbons (Fsp3) is 0.286. The van der Waals surface area contributed by atoms with Gasteiger partial charge in [-0.1, -0.05) is 55.5 Å². The largest absolute Gasteiger partial charge is 0.348 e. The van der Waals surface area contributed by atoms with Gasteiger partial charge in [-0.2, -0.15) is 4.31 Å².